The van der Waals surface area contributed by atoms with Crippen molar-refractivity contribution in [2.45, 2.75) is 13.0 Å². The van der Waals surface area contributed by atoms with Crippen LogP contribution in [0.25, 0.3) is 0 Å². The van der Waals surface area contributed by atoms with Gasteiger partial charge in [0.15, 0.2) is 5.01 Å². The van der Waals surface area contributed by atoms with Crippen molar-refractivity contribution in [3.05, 3.63) is 15.0 Å². The van der Waals surface area contributed by atoms with Crippen molar-refractivity contribution in [1.29, 1.82) is 0 Å². The van der Waals surface area contributed by atoms with E-state index in [2.05, 4.69) is 20.9 Å². The number of carbonyl (C=O) groups excluding carboxylic acids is 1. The third-order valence-corrected chi connectivity index (χ3v) is 2.98. The molecule has 5 heteroatoms. The summed E-state index contributed by atoms with van der Waals surface area (Å²) in [5, 5.41) is 2.26. The van der Waals surface area contributed by atoms with Crippen LogP contribution in [0.5, 0.6) is 0 Å². The molecule has 0 N–H and O–H groups in total. The number of methoxy groups -OCH3 is 1. The topological polar surface area (TPSA) is 39.2 Å². The summed E-state index contributed by atoms with van der Waals surface area (Å²) in [7, 11) is 1.51. The number of aromatic nitrogens is 1. The van der Waals surface area contributed by atoms with E-state index in [0.717, 1.165) is 0 Å². The maximum atomic E-state index is 11.4. The van der Waals surface area contributed by atoms with Crippen LogP contribution >= 0.6 is 27.3 Å². The number of thiazole rings is 1. The molecular weight excluding hydrogens is 242 g/mol. The lowest BCUT2D eigenvalue weighted by Crippen LogP contribution is -2.18. The van der Waals surface area contributed by atoms with E-state index < -0.39 is 6.10 Å². The summed E-state index contributed by atoms with van der Waals surface area (Å²) < 4.78 is 5.57. The van der Waals surface area contributed by atoms with E-state index in [-0.39, 0.29) is 5.78 Å². The van der Waals surface area contributed by atoms with Gasteiger partial charge in [-0.15, -0.1) is 11.3 Å². The standard InChI is InChI=1S/C7H8BrNO2S/c1-4(11-2)6(10)7-9-5(8)3-12-7/h3-4H,1-2H3. The molecule has 0 aliphatic carbocycles. The molecule has 0 aliphatic heterocycles. The zero-order valence-corrected chi connectivity index (χ0v) is 9.11. The summed E-state index contributed by atoms with van der Waals surface area (Å²) in [6.45, 7) is 1.71. The highest BCUT2D eigenvalue weighted by molar-refractivity contribution is 9.10. The van der Waals surface area contributed by atoms with E-state index in [1.54, 1.807) is 12.3 Å². The van der Waals surface area contributed by atoms with Gasteiger partial charge in [0.05, 0.1) is 0 Å². The zero-order chi connectivity index (χ0) is 9.14. The third-order valence-electron chi connectivity index (χ3n) is 1.41. The fourth-order valence-electron chi connectivity index (χ4n) is 0.648. The van der Waals surface area contributed by atoms with Crippen LogP contribution in [-0.4, -0.2) is 24.0 Å². The molecule has 12 heavy (non-hydrogen) atoms. The SMILES string of the molecule is COC(C)C(=O)c1nc(Br)cs1. The first-order chi connectivity index (χ1) is 5.65. The van der Waals surface area contributed by atoms with Gasteiger partial charge < -0.3 is 4.74 Å². The molecule has 0 aromatic carbocycles. The predicted molar refractivity (Wildman–Crippen MR) is 50.6 cm³/mol. The van der Waals surface area contributed by atoms with Crippen LogP contribution < -0.4 is 0 Å². The molecule has 1 heterocycles. The highest BCUT2D eigenvalue weighted by atomic mass is 79.9. The fraction of sp³-hybridized carbons (Fsp3) is 0.429. The number of nitrogens with zero attached hydrogens (tertiary/aromatic N) is 1. The summed E-state index contributed by atoms with van der Waals surface area (Å²) in [6.07, 6.45) is -0.414. The summed E-state index contributed by atoms with van der Waals surface area (Å²) in [5.74, 6) is -0.0757. The fourth-order valence-corrected chi connectivity index (χ4v) is 1.92. The first-order valence-electron chi connectivity index (χ1n) is 3.33. The van der Waals surface area contributed by atoms with E-state index in [1.165, 1.54) is 18.4 Å². The molecule has 1 rings (SSSR count). The first kappa shape index (κ1) is 9.83. The van der Waals surface area contributed by atoms with E-state index in [1.807, 2.05) is 0 Å². The van der Waals surface area contributed by atoms with Gasteiger partial charge in [0.25, 0.3) is 0 Å². The van der Waals surface area contributed by atoms with E-state index in [4.69, 9.17) is 4.74 Å². The molecule has 0 bridgehead atoms. The number of Topliss-reactive ketones (excluding diaryl/α,β-unsaturated/α-hetero) is 1. The van der Waals surface area contributed by atoms with Crippen molar-refractivity contribution in [3.8, 4) is 0 Å². The van der Waals surface area contributed by atoms with Gasteiger partial charge in [-0.1, -0.05) is 0 Å². The maximum Gasteiger partial charge on any atom is 0.219 e. The number of ketones is 1. The highest BCUT2D eigenvalue weighted by Crippen LogP contribution is 2.16. The lowest BCUT2D eigenvalue weighted by Gasteiger charge is -2.03. The molecule has 1 unspecified atom stereocenters. The normalized spacial score (nSPS) is 12.9. The molecule has 1 aromatic heterocycles. The van der Waals surface area contributed by atoms with Crippen LogP contribution in [0, 0.1) is 0 Å². The third kappa shape index (κ3) is 2.12. The van der Waals surface area contributed by atoms with Crippen LogP contribution in [0.3, 0.4) is 0 Å². The molecule has 0 radical (unpaired) electrons. The van der Waals surface area contributed by atoms with Crippen molar-refractivity contribution < 1.29 is 9.53 Å². The van der Waals surface area contributed by atoms with Crippen molar-refractivity contribution in [2.24, 2.45) is 0 Å². The second kappa shape index (κ2) is 4.11. The van der Waals surface area contributed by atoms with Gasteiger partial charge in [0, 0.05) is 12.5 Å². The van der Waals surface area contributed by atoms with Gasteiger partial charge in [-0.05, 0) is 22.9 Å². The van der Waals surface area contributed by atoms with Crippen LogP contribution in [0.1, 0.15) is 16.7 Å². The average Bonchev–Trinajstić information content (AvgIpc) is 2.49. The van der Waals surface area contributed by atoms with Gasteiger partial charge in [-0.25, -0.2) is 4.98 Å². The minimum atomic E-state index is -0.414. The monoisotopic (exact) mass is 249 g/mol. The Hall–Kier alpha value is -0.260. The number of ether oxygens (including phenoxy) is 1. The number of carbonyl (C=O) groups is 1. The van der Waals surface area contributed by atoms with Gasteiger partial charge in [0.2, 0.25) is 5.78 Å². The molecule has 3 nitrogen and oxygen atoms in total. The lowest BCUT2D eigenvalue weighted by atomic mass is 10.3. The van der Waals surface area contributed by atoms with Crippen molar-refractivity contribution in [2.75, 3.05) is 7.11 Å². The van der Waals surface area contributed by atoms with Gasteiger partial charge in [-0.3, -0.25) is 4.79 Å². The number of rotatable bonds is 3. The Bertz CT molecular complexity index is 287. The smallest absolute Gasteiger partial charge is 0.219 e. The Morgan fingerprint density at radius 3 is 2.92 bits per heavy atom. The number of hydrogen-bond donors (Lipinski definition) is 0. The Morgan fingerprint density at radius 2 is 2.50 bits per heavy atom. The van der Waals surface area contributed by atoms with E-state index in [9.17, 15) is 4.79 Å². The van der Waals surface area contributed by atoms with Crippen molar-refractivity contribution in [3.63, 3.8) is 0 Å². The summed E-state index contributed by atoms with van der Waals surface area (Å²) in [6, 6.07) is 0. The molecule has 0 fully saturated rings. The van der Waals surface area contributed by atoms with Crippen LogP contribution in [0.4, 0.5) is 0 Å². The molecule has 0 amide bonds. The van der Waals surface area contributed by atoms with Gasteiger partial charge in [-0.2, -0.15) is 0 Å². The lowest BCUT2D eigenvalue weighted by molar-refractivity contribution is 0.0655. The molecule has 0 saturated heterocycles. The van der Waals surface area contributed by atoms with Gasteiger partial charge >= 0.3 is 0 Å². The second-order valence-corrected chi connectivity index (χ2v) is 3.89. The number of hydrogen-bond acceptors (Lipinski definition) is 4. The summed E-state index contributed by atoms with van der Waals surface area (Å²) in [5.41, 5.74) is 0. The minimum absolute atomic E-state index is 0.0757. The van der Waals surface area contributed by atoms with Crippen LogP contribution in [0.2, 0.25) is 0 Å². The van der Waals surface area contributed by atoms with E-state index >= 15 is 0 Å². The highest BCUT2D eigenvalue weighted by Gasteiger charge is 2.17. The number of halogens is 1. The largest absolute Gasteiger partial charge is 0.373 e. The Morgan fingerprint density at radius 1 is 1.83 bits per heavy atom. The first-order valence-corrected chi connectivity index (χ1v) is 5.00. The molecule has 0 aliphatic rings. The Kier molecular flexibility index (Phi) is 3.37. The maximum absolute atomic E-state index is 11.4. The quantitative estimate of drug-likeness (QED) is 0.771. The summed E-state index contributed by atoms with van der Waals surface area (Å²) in [4.78, 5) is 15.4. The molecule has 66 valence electrons. The predicted octanol–water partition coefficient (Wildman–Crippen LogP) is 2.12. The zero-order valence-electron chi connectivity index (χ0n) is 6.70. The Balaban J connectivity index is 2.78. The van der Waals surface area contributed by atoms with Crippen molar-refractivity contribution >= 4 is 33.0 Å². The van der Waals surface area contributed by atoms with Gasteiger partial charge in [0.1, 0.15) is 10.7 Å². The molecule has 0 spiro atoms. The summed E-state index contributed by atoms with van der Waals surface area (Å²) >= 11 is 4.49. The molecular formula is C7H8BrNO2S. The minimum Gasteiger partial charge on any atom is -0.373 e. The Labute approximate surface area is 82.9 Å². The molecule has 0 saturated carbocycles. The van der Waals surface area contributed by atoms with Crippen molar-refractivity contribution in [1.82, 2.24) is 4.98 Å². The molecule has 1 atom stereocenters. The second-order valence-electron chi connectivity index (χ2n) is 2.22. The van der Waals surface area contributed by atoms with E-state index in [0.29, 0.717) is 9.61 Å². The van der Waals surface area contributed by atoms with Crippen LogP contribution in [-0.2, 0) is 4.74 Å². The molecule has 1 aromatic rings. The van der Waals surface area contributed by atoms with Crippen LogP contribution in [0.15, 0.2) is 9.98 Å². The average molecular weight is 250 g/mol.